The molecule has 72 valence electrons. The third-order valence-electron chi connectivity index (χ3n) is 1.92. The Morgan fingerprint density at radius 1 is 1.75 bits per heavy atom. The van der Waals surface area contributed by atoms with Gasteiger partial charge in [0.15, 0.2) is 6.10 Å². The van der Waals surface area contributed by atoms with E-state index < -0.39 is 12.1 Å². The van der Waals surface area contributed by atoms with Gasteiger partial charge in [0.1, 0.15) is 0 Å². The van der Waals surface area contributed by atoms with Crippen LogP contribution in [0.1, 0.15) is 12.8 Å². The molecule has 5 heteroatoms. The number of esters is 1. The molecule has 0 radical (unpaired) electrons. The molecule has 0 aromatic rings. The lowest BCUT2D eigenvalue weighted by Gasteiger charge is -2.14. The normalized spacial score (nSPS) is 24.3. The highest BCUT2D eigenvalue weighted by molar-refractivity contribution is 5.85. The summed E-state index contributed by atoms with van der Waals surface area (Å²) >= 11 is 0. The van der Waals surface area contributed by atoms with Crippen LogP contribution in [0.5, 0.6) is 0 Å². The van der Waals surface area contributed by atoms with Gasteiger partial charge in [0.05, 0.1) is 7.11 Å². The Kier molecular flexibility index (Phi) is 5.20. The average Bonchev–Trinajstić information content (AvgIpc) is 2.53. The second kappa shape index (κ2) is 5.35. The molecule has 1 saturated heterocycles. The summed E-state index contributed by atoms with van der Waals surface area (Å²) in [4.78, 5) is 10.8. The quantitative estimate of drug-likeness (QED) is 0.594. The standard InChI is InChI=1S/C7H13NO3.ClH/c1-11-7(10)6(9)5-3-2-4-8-5;/h5-6,8-9H,2-4H2,1H3;1H/t5-,6?;/m1./s1. The highest BCUT2D eigenvalue weighted by atomic mass is 35.5. The molecule has 1 aliphatic heterocycles. The molecule has 2 atom stereocenters. The van der Waals surface area contributed by atoms with E-state index in [1.165, 1.54) is 7.11 Å². The lowest BCUT2D eigenvalue weighted by molar-refractivity contribution is -0.151. The van der Waals surface area contributed by atoms with Gasteiger partial charge in [0.2, 0.25) is 0 Å². The summed E-state index contributed by atoms with van der Waals surface area (Å²) in [6.07, 6.45) is 0.858. The number of hydrogen-bond donors (Lipinski definition) is 2. The fraction of sp³-hybridized carbons (Fsp3) is 0.857. The SMILES string of the molecule is COC(=O)C(O)[C@H]1CCCN1.Cl. The van der Waals surface area contributed by atoms with Crippen LogP contribution < -0.4 is 5.32 Å². The van der Waals surface area contributed by atoms with Crippen LogP contribution in [0, 0.1) is 0 Å². The van der Waals surface area contributed by atoms with E-state index in [0.717, 1.165) is 19.4 Å². The van der Waals surface area contributed by atoms with E-state index in [1.54, 1.807) is 0 Å². The smallest absolute Gasteiger partial charge is 0.336 e. The molecule has 4 nitrogen and oxygen atoms in total. The highest BCUT2D eigenvalue weighted by Gasteiger charge is 2.28. The molecule has 1 aliphatic rings. The molecule has 1 unspecified atom stereocenters. The average molecular weight is 196 g/mol. The molecule has 0 aliphatic carbocycles. The van der Waals surface area contributed by atoms with E-state index in [-0.39, 0.29) is 18.4 Å². The number of rotatable bonds is 2. The van der Waals surface area contributed by atoms with Crippen molar-refractivity contribution in [1.82, 2.24) is 5.32 Å². The van der Waals surface area contributed by atoms with Crippen molar-refractivity contribution in [2.45, 2.75) is 25.0 Å². The van der Waals surface area contributed by atoms with Crippen molar-refractivity contribution < 1.29 is 14.6 Å². The number of ether oxygens (including phenoxy) is 1. The second-order valence-electron chi connectivity index (χ2n) is 2.67. The van der Waals surface area contributed by atoms with Crippen molar-refractivity contribution in [2.24, 2.45) is 0 Å². The van der Waals surface area contributed by atoms with Gasteiger partial charge in [-0.3, -0.25) is 0 Å². The number of carbonyl (C=O) groups is 1. The molecule has 0 saturated carbocycles. The van der Waals surface area contributed by atoms with Crippen LogP contribution in [0.15, 0.2) is 0 Å². The number of hydrogen-bond acceptors (Lipinski definition) is 4. The van der Waals surface area contributed by atoms with Crippen LogP contribution in [-0.4, -0.2) is 36.9 Å². The summed E-state index contributed by atoms with van der Waals surface area (Å²) in [6, 6.07) is -0.109. The van der Waals surface area contributed by atoms with Crippen LogP contribution in [0.3, 0.4) is 0 Å². The van der Waals surface area contributed by atoms with Gasteiger partial charge >= 0.3 is 5.97 Å². The number of carbonyl (C=O) groups excluding carboxylic acids is 1. The third-order valence-corrected chi connectivity index (χ3v) is 1.92. The Bertz CT molecular complexity index is 148. The zero-order valence-electron chi connectivity index (χ0n) is 6.95. The molecule has 1 fully saturated rings. The van der Waals surface area contributed by atoms with Crippen molar-refractivity contribution in [3.63, 3.8) is 0 Å². The largest absolute Gasteiger partial charge is 0.467 e. The van der Waals surface area contributed by atoms with Gasteiger partial charge in [-0.05, 0) is 19.4 Å². The van der Waals surface area contributed by atoms with E-state index >= 15 is 0 Å². The molecule has 0 aromatic heterocycles. The predicted octanol–water partition coefficient (Wildman–Crippen LogP) is -0.306. The predicted molar refractivity (Wildman–Crippen MR) is 46.3 cm³/mol. The Labute approximate surface area is 77.7 Å². The first kappa shape index (κ1) is 11.7. The second-order valence-corrected chi connectivity index (χ2v) is 2.67. The zero-order chi connectivity index (χ0) is 8.27. The maximum Gasteiger partial charge on any atom is 0.336 e. The van der Waals surface area contributed by atoms with Crippen molar-refractivity contribution in [2.75, 3.05) is 13.7 Å². The van der Waals surface area contributed by atoms with Crippen LogP contribution in [0.25, 0.3) is 0 Å². The zero-order valence-corrected chi connectivity index (χ0v) is 7.76. The highest BCUT2D eigenvalue weighted by Crippen LogP contribution is 2.09. The van der Waals surface area contributed by atoms with Gasteiger partial charge in [0, 0.05) is 6.04 Å². The van der Waals surface area contributed by atoms with Crippen LogP contribution in [0.4, 0.5) is 0 Å². The Hall–Kier alpha value is -0.320. The van der Waals surface area contributed by atoms with E-state index in [9.17, 15) is 9.90 Å². The van der Waals surface area contributed by atoms with E-state index in [4.69, 9.17) is 0 Å². The van der Waals surface area contributed by atoms with E-state index in [1.807, 2.05) is 0 Å². The van der Waals surface area contributed by atoms with Crippen LogP contribution in [0.2, 0.25) is 0 Å². The van der Waals surface area contributed by atoms with Crippen molar-refractivity contribution in [1.29, 1.82) is 0 Å². The van der Waals surface area contributed by atoms with E-state index in [2.05, 4.69) is 10.1 Å². The Morgan fingerprint density at radius 2 is 2.42 bits per heavy atom. The van der Waals surface area contributed by atoms with Crippen molar-refractivity contribution in [3.8, 4) is 0 Å². The molecule has 2 N–H and O–H groups in total. The number of aliphatic hydroxyl groups is 1. The molecule has 12 heavy (non-hydrogen) atoms. The first-order valence-corrected chi connectivity index (χ1v) is 3.75. The lowest BCUT2D eigenvalue weighted by Crippen LogP contribution is -2.40. The van der Waals surface area contributed by atoms with Gasteiger partial charge in [0.25, 0.3) is 0 Å². The summed E-state index contributed by atoms with van der Waals surface area (Å²) in [5, 5.41) is 12.3. The minimum Gasteiger partial charge on any atom is -0.467 e. The molecular weight excluding hydrogens is 182 g/mol. The van der Waals surface area contributed by atoms with Gasteiger partial charge in [-0.1, -0.05) is 0 Å². The van der Waals surface area contributed by atoms with Gasteiger partial charge in [-0.15, -0.1) is 12.4 Å². The Morgan fingerprint density at radius 3 is 2.83 bits per heavy atom. The van der Waals surface area contributed by atoms with Gasteiger partial charge in [-0.2, -0.15) is 0 Å². The van der Waals surface area contributed by atoms with Crippen LogP contribution >= 0.6 is 12.4 Å². The monoisotopic (exact) mass is 195 g/mol. The summed E-state index contributed by atoms with van der Waals surface area (Å²) in [5.41, 5.74) is 0. The first-order chi connectivity index (χ1) is 5.25. The number of methoxy groups -OCH3 is 1. The topological polar surface area (TPSA) is 58.6 Å². The number of nitrogens with one attached hydrogen (secondary N) is 1. The summed E-state index contributed by atoms with van der Waals surface area (Å²) in [6.45, 7) is 0.874. The van der Waals surface area contributed by atoms with Crippen LogP contribution in [-0.2, 0) is 9.53 Å². The Balaban J connectivity index is 0.00000121. The molecule has 1 rings (SSSR count). The molecule has 0 spiro atoms. The summed E-state index contributed by atoms with van der Waals surface area (Å²) in [5.74, 6) is -0.551. The minimum atomic E-state index is -0.998. The maximum atomic E-state index is 10.8. The summed E-state index contributed by atoms with van der Waals surface area (Å²) < 4.78 is 4.40. The number of aliphatic hydroxyl groups excluding tert-OH is 1. The van der Waals surface area contributed by atoms with Crippen molar-refractivity contribution in [3.05, 3.63) is 0 Å². The van der Waals surface area contributed by atoms with E-state index in [0.29, 0.717) is 0 Å². The van der Waals surface area contributed by atoms with Crippen molar-refractivity contribution >= 4 is 18.4 Å². The fourth-order valence-corrected chi connectivity index (χ4v) is 1.27. The third kappa shape index (κ3) is 2.62. The molecule has 0 amide bonds. The van der Waals surface area contributed by atoms with Gasteiger partial charge < -0.3 is 15.2 Å². The fourth-order valence-electron chi connectivity index (χ4n) is 1.27. The first-order valence-electron chi connectivity index (χ1n) is 3.75. The molecule has 0 aromatic carbocycles. The molecule has 0 bridgehead atoms. The number of halogens is 1. The lowest BCUT2D eigenvalue weighted by atomic mass is 10.1. The minimum absolute atomic E-state index is 0. The molecular formula is C7H14ClNO3. The van der Waals surface area contributed by atoms with Gasteiger partial charge in [-0.25, -0.2) is 4.79 Å². The molecule has 1 heterocycles. The summed E-state index contributed by atoms with van der Waals surface area (Å²) in [7, 11) is 1.28. The maximum absolute atomic E-state index is 10.8.